The maximum Gasteiger partial charge on any atom is 0.416 e. The van der Waals surface area contributed by atoms with Crippen LogP contribution in [-0.4, -0.2) is 78.7 Å². The highest BCUT2D eigenvalue weighted by Gasteiger charge is 2.49. The van der Waals surface area contributed by atoms with E-state index in [0.717, 1.165) is 23.0 Å². The Morgan fingerprint density at radius 2 is 1.61 bits per heavy atom. The largest absolute Gasteiger partial charge is 0.416 e. The van der Waals surface area contributed by atoms with Gasteiger partial charge >= 0.3 is 6.18 Å². The van der Waals surface area contributed by atoms with Crippen molar-refractivity contribution in [2.45, 2.75) is 57.2 Å². The van der Waals surface area contributed by atoms with Gasteiger partial charge in [0.15, 0.2) is 0 Å². The van der Waals surface area contributed by atoms with Crippen LogP contribution in [0.25, 0.3) is 10.9 Å². The zero-order valence-corrected chi connectivity index (χ0v) is 25.3. The molecule has 44 heavy (non-hydrogen) atoms. The molecule has 3 heterocycles. The quantitative estimate of drug-likeness (QED) is 0.351. The predicted molar refractivity (Wildman–Crippen MR) is 157 cm³/mol. The van der Waals surface area contributed by atoms with Gasteiger partial charge in [0, 0.05) is 24.0 Å². The molecule has 3 aromatic rings. The van der Waals surface area contributed by atoms with Crippen molar-refractivity contribution in [2.24, 2.45) is 5.41 Å². The SMILES string of the molecule is CC(C)(C)[C@H](NC(=O)c1cc2ccccc2[nH]1)C(=O)N1C[C@@H]2C[C@H]1CN2C(=O)CNS(=O)(=O)Cc1ccccc1C(F)(F)F. The van der Waals surface area contributed by atoms with Crippen molar-refractivity contribution in [2.75, 3.05) is 19.6 Å². The molecule has 0 aliphatic carbocycles. The third kappa shape index (κ3) is 6.60. The Hall–Kier alpha value is -3.91. The van der Waals surface area contributed by atoms with Crippen LogP contribution in [0, 0.1) is 5.41 Å². The molecule has 2 aliphatic rings. The fourth-order valence-electron chi connectivity index (χ4n) is 5.91. The van der Waals surface area contributed by atoms with Crippen LogP contribution >= 0.6 is 0 Å². The molecule has 2 saturated heterocycles. The number of fused-ring (bicyclic) bond motifs is 3. The lowest BCUT2D eigenvalue weighted by Gasteiger charge is -2.39. The first-order chi connectivity index (χ1) is 20.5. The molecule has 2 aromatic carbocycles. The summed E-state index contributed by atoms with van der Waals surface area (Å²) in [6.45, 7) is 5.34. The van der Waals surface area contributed by atoms with Crippen molar-refractivity contribution >= 4 is 38.6 Å². The number of piperazine rings is 1. The number of nitrogens with one attached hydrogen (secondary N) is 3. The Bertz CT molecular complexity index is 1670. The molecular weight excluding hydrogens is 599 g/mol. The molecule has 236 valence electrons. The first kappa shape index (κ1) is 31.5. The second-order valence-electron chi connectivity index (χ2n) is 12.4. The second kappa shape index (κ2) is 11.5. The molecule has 1 aromatic heterocycles. The lowest BCUT2D eigenvalue weighted by Crippen LogP contribution is -2.59. The number of hydrogen-bond donors (Lipinski definition) is 3. The number of rotatable bonds is 8. The summed E-state index contributed by atoms with van der Waals surface area (Å²) in [7, 11) is -4.25. The van der Waals surface area contributed by atoms with Crippen LogP contribution in [0.15, 0.2) is 54.6 Å². The van der Waals surface area contributed by atoms with Crippen LogP contribution in [0.4, 0.5) is 13.2 Å². The molecule has 5 rings (SSSR count). The molecule has 0 spiro atoms. The molecule has 2 fully saturated rings. The molecular formula is C30H34F3N5O5S. The first-order valence-electron chi connectivity index (χ1n) is 14.1. The lowest BCUT2D eigenvalue weighted by atomic mass is 9.85. The van der Waals surface area contributed by atoms with Crippen molar-refractivity contribution in [1.29, 1.82) is 0 Å². The normalized spacial score (nSPS) is 19.4. The number of amides is 3. The highest BCUT2D eigenvalue weighted by atomic mass is 32.2. The third-order valence-corrected chi connectivity index (χ3v) is 9.39. The Kier molecular flexibility index (Phi) is 8.27. The summed E-state index contributed by atoms with van der Waals surface area (Å²) in [5.41, 5.74) is -0.966. The standard InChI is InChI=1S/C30H34F3N5O5S/c1-29(2,3)26(36-27(40)24-12-18-8-5-7-11-23(18)35-24)28(41)38-16-20-13-21(38)15-37(20)25(39)14-34-44(42,43)17-19-9-4-6-10-22(19)30(31,32)33/h4-12,20-21,26,34-35H,13-17H2,1-3H3,(H,36,40)/t20-,21-,26+/m0/s1. The minimum Gasteiger partial charge on any atom is -0.351 e. The van der Waals surface area contributed by atoms with Crippen molar-refractivity contribution in [3.05, 3.63) is 71.4 Å². The van der Waals surface area contributed by atoms with Gasteiger partial charge in [0.1, 0.15) is 11.7 Å². The van der Waals surface area contributed by atoms with E-state index < -0.39 is 62.9 Å². The molecule has 2 bridgehead atoms. The number of aromatic nitrogens is 1. The van der Waals surface area contributed by atoms with Gasteiger partial charge in [-0.25, -0.2) is 13.1 Å². The maximum absolute atomic E-state index is 13.8. The van der Waals surface area contributed by atoms with Gasteiger partial charge in [-0.05, 0) is 35.6 Å². The number of benzene rings is 2. The topological polar surface area (TPSA) is 132 Å². The molecule has 3 N–H and O–H groups in total. The molecule has 0 radical (unpaired) electrons. The van der Waals surface area contributed by atoms with E-state index in [2.05, 4.69) is 15.0 Å². The average molecular weight is 634 g/mol. The molecule has 3 atom stereocenters. The lowest BCUT2D eigenvalue weighted by molar-refractivity contribution is -0.142. The number of aromatic amines is 1. The van der Waals surface area contributed by atoms with E-state index in [1.807, 2.05) is 45.0 Å². The molecule has 10 nitrogen and oxygen atoms in total. The van der Waals surface area contributed by atoms with Crippen LogP contribution in [0.2, 0.25) is 0 Å². The van der Waals surface area contributed by atoms with Crippen LogP contribution < -0.4 is 10.0 Å². The fourth-order valence-corrected chi connectivity index (χ4v) is 7.02. The molecule has 2 aliphatic heterocycles. The van der Waals surface area contributed by atoms with E-state index >= 15 is 0 Å². The number of likely N-dealkylation sites (tertiary alicyclic amines) is 2. The van der Waals surface area contributed by atoms with E-state index in [9.17, 15) is 36.0 Å². The zero-order chi connectivity index (χ0) is 32.0. The highest BCUT2D eigenvalue weighted by Crippen LogP contribution is 2.34. The summed E-state index contributed by atoms with van der Waals surface area (Å²) < 4.78 is 67.1. The smallest absolute Gasteiger partial charge is 0.351 e. The van der Waals surface area contributed by atoms with Gasteiger partial charge in [0.05, 0.1) is 29.9 Å². The minimum atomic E-state index is -4.72. The second-order valence-corrected chi connectivity index (χ2v) is 14.2. The molecule has 0 unspecified atom stereocenters. The van der Waals surface area contributed by atoms with Crippen LogP contribution in [0.5, 0.6) is 0 Å². The van der Waals surface area contributed by atoms with Crippen molar-refractivity contribution < 1.29 is 36.0 Å². The zero-order valence-electron chi connectivity index (χ0n) is 24.4. The van der Waals surface area contributed by atoms with Crippen molar-refractivity contribution in [3.8, 4) is 0 Å². The molecule has 0 saturated carbocycles. The van der Waals surface area contributed by atoms with Crippen molar-refractivity contribution in [1.82, 2.24) is 24.8 Å². The summed E-state index contributed by atoms with van der Waals surface area (Å²) in [6.07, 6.45) is -4.22. The van der Waals surface area contributed by atoms with Gasteiger partial charge in [-0.2, -0.15) is 13.2 Å². The van der Waals surface area contributed by atoms with Gasteiger partial charge in [-0.15, -0.1) is 0 Å². The monoisotopic (exact) mass is 633 g/mol. The Morgan fingerprint density at radius 3 is 2.25 bits per heavy atom. The number of alkyl halides is 3. The van der Waals surface area contributed by atoms with Crippen LogP contribution in [-0.2, 0) is 31.5 Å². The number of sulfonamides is 1. The van der Waals surface area contributed by atoms with Gasteiger partial charge in [0.2, 0.25) is 21.8 Å². The van der Waals surface area contributed by atoms with E-state index in [0.29, 0.717) is 12.1 Å². The summed E-state index contributed by atoms with van der Waals surface area (Å²) in [5.74, 6) is -2.15. The van der Waals surface area contributed by atoms with E-state index in [1.54, 1.807) is 11.0 Å². The average Bonchev–Trinajstić information content (AvgIpc) is 3.67. The van der Waals surface area contributed by atoms with Crippen LogP contribution in [0.3, 0.4) is 0 Å². The van der Waals surface area contributed by atoms with E-state index in [4.69, 9.17) is 0 Å². The number of para-hydroxylation sites is 1. The number of carbonyl (C=O) groups is 3. The number of halogens is 3. The van der Waals surface area contributed by atoms with Crippen molar-refractivity contribution in [3.63, 3.8) is 0 Å². The Labute approximate surface area is 253 Å². The number of hydrogen-bond acceptors (Lipinski definition) is 5. The number of nitrogens with zero attached hydrogens (tertiary/aromatic N) is 2. The summed E-state index contributed by atoms with van der Waals surface area (Å²) in [4.78, 5) is 46.1. The number of H-pyrrole nitrogens is 1. The molecule has 3 amide bonds. The summed E-state index contributed by atoms with van der Waals surface area (Å²) >= 11 is 0. The predicted octanol–water partition coefficient (Wildman–Crippen LogP) is 3.26. The highest BCUT2D eigenvalue weighted by molar-refractivity contribution is 7.88. The summed E-state index contributed by atoms with van der Waals surface area (Å²) in [5, 5.41) is 3.75. The molecule has 14 heteroatoms. The van der Waals surface area contributed by atoms with Gasteiger partial charge < -0.3 is 20.1 Å². The van der Waals surface area contributed by atoms with E-state index in [1.165, 1.54) is 17.0 Å². The van der Waals surface area contributed by atoms with Crippen LogP contribution in [0.1, 0.15) is 48.8 Å². The first-order valence-corrected chi connectivity index (χ1v) is 15.8. The van der Waals surface area contributed by atoms with Gasteiger partial charge in [0.25, 0.3) is 5.91 Å². The fraction of sp³-hybridized carbons (Fsp3) is 0.433. The van der Waals surface area contributed by atoms with E-state index in [-0.39, 0.29) is 31.1 Å². The summed E-state index contributed by atoms with van der Waals surface area (Å²) in [6, 6.07) is 12.0. The van der Waals surface area contributed by atoms with Gasteiger partial charge in [-0.3, -0.25) is 14.4 Å². The third-order valence-electron chi connectivity index (χ3n) is 8.12. The maximum atomic E-state index is 13.8. The van der Waals surface area contributed by atoms with Gasteiger partial charge in [-0.1, -0.05) is 57.2 Å². The Balaban J connectivity index is 1.19. The Morgan fingerprint density at radius 1 is 0.977 bits per heavy atom. The minimum absolute atomic E-state index is 0.181. The number of carbonyl (C=O) groups excluding carboxylic acids is 3.